The van der Waals surface area contributed by atoms with Gasteiger partial charge in [0.2, 0.25) is 0 Å². The van der Waals surface area contributed by atoms with E-state index < -0.39 is 22.7 Å². The second kappa shape index (κ2) is 5.93. The Morgan fingerprint density at radius 2 is 1.81 bits per heavy atom. The lowest BCUT2D eigenvalue weighted by molar-refractivity contribution is -0.137. The molecule has 21 heavy (non-hydrogen) atoms. The summed E-state index contributed by atoms with van der Waals surface area (Å²) in [5.41, 5.74) is 5.37. The number of allylic oxidation sites excluding steroid dienone is 2. The summed E-state index contributed by atoms with van der Waals surface area (Å²) in [6.45, 7) is 0. The molecule has 1 aliphatic rings. The minimum Gasteiger partial charge on any atom is -0.361 e. The fourth-order valence-electron chi connectivity index (χ4n) is 2.03. The van der Waals surface area contributed by atoms with Gasteiger partial charge in [0.25, 0.3) is 0 Å². The van der Waals surface area contributed by atoms with Crippen molar-refractivity contribution in [2.24, 2.45) is 11.7 Å². The van der Waals surface area contributed by atoms with E-state index in [-0.39, 0.29) is 5.78 Å². The number of nitrogens with two attached hydrogens (primary N) is 1. The Morgan fingerprint density at radius 3 is 2.43 bits per heavy atom. The average Bonchev–Trinajstić information content (AvgIpc) is 2.47. The molecule has 0 saturated heterocycles. The zero-order valence-corrected chi connectivity index (χ0v) is 11.7. The fourth-order valence-corrected chi connectivity index (χ4v) is 2.36. The van der Waals surface area contributed by atoms with E-state index in [1.165, 1.54) is 6.08 Å². The normalized spacial score (nSPS) is 23.6. The highest BCUT2D eigenvalue weighted by Gasteiger charge is 2.41. The number of alkyl halides is 1. The molecule has 1 aliphatic carbocycles. The van der Waals surface area contributed by atoms with E-state index in [1.807, 2.05) is 0 Å². The lowest BCUT2D eigenvalue weighted by Crippen LogP contribution is -2.53. The highest BCUT2D eigenvalue weighted by atomic mass is 35.5. The zero-order chi connectivity index (χ0) is 15.5. The maximum absolute atomic E-state index is 12.5. The van der Waals surface area contributed by atoms with Gasteiger partial charge in [-0.25, -0.2) is 0 Å². The van der Waals surface area contributed by atoms with E-state index in [2.05, 4.69) is 5.32 Å². The number of ketones is 1. The number of hydrogen-bond donors (Lipinski definition) is 2. The molecule has 0 heterocycles. The van der Waals surface area contributed by atoms with Crippen molar-refractivity contribution in [3.63, 3.8) is 0 Å². The van der Waals surface area contributed by atoms with Gasteiger partial charge in [-0.3, -0.25) is 14.4 Å². The largest absolute Gasteiger partial charge is 0.361 e. The third-order valence-electron chi connectivity index (χ3n) is 3.08. The number of amides is 2. The standard InChI is InChI=1S/C15H13ClN2O3/c16-15(18-14(21)13(17)20)9-5-4-8-11(15)12(19)10-6-2-1-3-7-10/h1-9,11H,(H2,17,20)(H,18,21). The maximum atomic E-state index is 12.5. The van der Waals surface area contributed by atoms with Gasteiger partial charge >= 0.3 is 11.8 Å². The second-order valence-electron chi connectivity index (χ2n) is 4.54. The van der Waals surface area contributed by atoms with Crippen molar-refractivity contribution in [3.05, 3.63) is 60.2 Å². The summed E-state index contributed by atoms with van der Waals surface area (Å²) in [6, 6.07) is 8.56. The highest BCUT2D eigenvalue weighted by molar-refractivity contribution is 6.37. The summed E-state index contributed by atoms with van der Waals surface area (Å²) in [7, 11) is 0. The minimum absolute atomic E-state index is 0.268. The minimum atomic E-state index is -1.52. The lowest BCUT2D eigenvalue weighted by atomic mass is 9.87. The van der Waals surface area contributed by atoms with Gasteiger partial charge in [0.05, 0.1) is 5.92 Å². The molecule has 1 aromatic carbocycles. The van der Waals surface area contributed by atoms with Crippen LogP contribution in [-0.4, -0.2) is 22.6 Å². The molecular formula is C15H13ClN2O3. The van der Waals surface area contributed by atoms with Crippen LogP contribution in [0.25, 0.3) is 0 Å². The Labute approximate surface area is 126 Å². The summed E-state index contributed by atoms with van der Waals surface area (Å²) >= 11 is 6.33. The number of halogens is 1. The van der Waals surface area contributed by atoms with Gasteiger partial charge in [0, 0.05) is 5.56 Å². The molecule has 0 spiro atoms. The Kier molecular flexibility index (Phi) is 4.23. The molecule has 108 valence electrons. The molecule has 6 heteroatoms. The first-order valence-electron chi connectivity index (χ1n) is 6.20. The van der Waals surface area contributed by atoms with Crippen molar-refractivity contribution in [1.82, 2.24) is 5.32 Å². The first kappa shape index (κ1) is 15.0. The SMILES string of the molecule is NC(=O)C(=O)NC1(Cl)C=CC=CC1C(=O)c1ccccc1. The van der Waals surface area contributed by atoms with Crippen LogP contribution >= 0.6 is 11.6 Å². The van der Waals surface area contributed by atoms with Gasteiger partial charge in [0.1, 0.15) is 5.00 Å². The number of Topliss-reactive ketones (excluding diaryl/α,β-unsaturated/α-hetero) is 1. The molecule has 2 unspecified atom stereocenters. The summed E-state index contributed by atoms with van der Waals surface area (Å²) in [5, 5.41) is 2.29. The third-order valence-corrected chi connectivity index (χ3v) is 3.53. The number of nitrogens with one attached hydrogen (secondary N) is 1. The molecule has 5 nitrogen and oxygen atoms in total. The van der Waals surface area contributed by atoms with Crippen molar-refractivity contribution in [2.45, 2.75) is 5.00 Å². The average molecular weight is 305 g/mol. The van der Waals surface area contributed by atoms with Crippen LogP contribution in [-0.2, 0) is 9.59 Å². The predicted octanol–water partition coefficient (Wildman–Crippen LogP) is 1.15. The smallest absolute Gasteiger partial charge is 0.310 e. The van der Waals surface area contributed by atoms with E-state index in [0.29, 0.717) is 5.56 Å². The first-order chi connectivity index (χ1) is 9.94. The molecule has 0 saturated carbocycles. The predicted molar refractivity (Wildman–Crippen MR) is 78.5 cm³/mol. The Balaban J connectivity index is 2.30. The molecule has 1 aromatic rings. The molecular weight excluding hydrogens is 292 g/mol. The number of carbonyl (C=O) groups excluding carboxylic acids is 3. The van der Waals surface area contributed by atoms with E-state index in [9.17, 15) is 14.4 Å². The molecule has 2 atom stereocenters. The third kappa shape index (κ3) is 3.20. The summed E-state index contributed by atoms with van der Waals surface area (Å²) in [5.74, 6) is -3.31. The van der Waals surface area contributed by atoms with Crippen LogP contribution in [0.3, 0.4) is 0 Å². The number of primary amides is 1. The Hall–Kier alpha value is -2.40. The molecule has 0 aliphatic heterocycles. The zero-order valence-electron chi connectivity index (χ0n) is 11.0. The summed E-state index contributed by atoms with van der Waals surface area (Å²) in [4.78, 5) is 33.4. The van der Waals surface area contributed by atoms with Crippen molar-refractivity contribution >= 4 is 29.2 Å². The van der Waals surface area contributed by atoms with Crippen molar-refractivity contribution < 1.29 is 14.4 Å². The topological polar surface area (TPSA) is 89.3 Å². The number of benzene rings is 1. The summed E-state index contributed by atoms with van der Waals surface area (Å²) in [6.07, 6.45) is 6.26. The molecule has 2 rings (SSSR count). The van der Waals surface area contributed by atoms with Crippen LogP contribution in [0.1, 0.15) is 10.4 Å². The quantitative estimate of drug-likeness (QED) is 0.380. The second-order valence-corrected chi connectivity index (χ2v) is 5.16. The molecule has 2 amide bonds. The van der Waals surface area contributed by atoms with Crippen LogP contribution in [0, 0.1) is 5.92 Å². The number of hydrogen-bond acceptors (Lipinski definition) is 3. The monoisotopic (exact) mass is 304 g/mol. The van der Waals surface area contributed by atoms with Crippen LogP contribution < -0.4 is 11.1 Å². The van der Waals surface area contributed by atoms with Crippen LogP contribution in [0.2, 0.25) is 0 Å². The van der Waals surface area contributed by atoms with Crippen molar-refractivity contribution in [1.29, 1.82) is 0 Å². The molecule has 3 N–H and O–H groups in total. The van der Waals surface area contributed by atoms with Crippen LogP contribution in [0.4, 0.5) is 0 Å². The van der Waals surface area contributed by atoms with Crippen LogP contribution in [0.5, 0.6) is 0 Å². The van der Waals surface area contributed by atoms with Gasteiger partial charge in [0.15, 0.2) is 5.78 Å². The van der Waals surface area contributed by atoms with E-state index >= 15 is 0 Å². The van der Waals surface area contributed by atoms with E-state index in [1.54, 1.807) is 48.6 Å². The van der Waals surface area contributed by atoms with Gasteiger partial charge in [-0.15, -0.1) is 0 Å². The maximum Gasteiger partial charge on any atom is 0.310 e. The van der Waals surface area contributed by atoms with Gasteiger partial charge in [-0.05, 0) is 6.08 Å². The van der Waals surface area contributed by atoms with E-state index in [0.717, 1.165) is 0 Å². The van der Waals surface area contributed by atoms with Gasteiger partial charge in [-0.1, -0.05) is 60.2 Å². The molecule has 0 fully saturated rings. The molecule has 0 aromatic heterocycles. The Bertz CT molecular complexity index is 640. The van der Waals surface area contributed by atoms with E-state index in [4.69, 9.17) is 17.3 Å². The van der Waals surface area contributed by atoms with Crippen LogP contribution in [0.15, 0.2) is 54.6 Å². The van der Waals surface area contributed by atoms with Crippen molar-refractivity contribution in [3.8, 4) is 0 Å². The Morgan fingerprint density at radius 1 is 1.14 bits per heavy atom. The number of carbonyl (C=O) groups is 3. The van der Waals surface area contributed by atoms with Crippen molar-refractivity contribution in [2.75, 3.05) is 0 Å². The number of rotatable bonds is 3. The fraction of sp³-hybridized carbons (Fsp3) is 0.133. The highest BCUT2D eigenvalue weighted by Crippen LogP contribution is 2.31. The van der Waals surface area contributed by atoms with Gasteiger partial charge in [-0.2, -0.15) is 0 Å². The molecule has 0 radical (unpaired) electrons. The molecule has 0 bridgehead atoms. The lowest BCUT2D eigenvalue weighted by Gasteiger charge is -2.32. The van der Waals surface area contributed by atoms with Gasteiger partial charge < -0.3 is 11.1 Å². The first-order valence-corrected chi connectivity index (χ1v) is 6.58. The summed E-state index contributed by atoms with van der Waals surface area (Å²) < 4.78 is 0.